The number of benzene rings is 1. The fraction of sp³-hybridized carbons (Fsp3) is 0.300. The third-order valence-electron chi connectivity index (χ3n) is 4.22. The number of ether oxygens (including phenoxy) is 1. The number of furan rings is 1. The molecular weight excluding hydrogens is 401 g/mol. The Labute approximate surface area is 173 Å². The van der Waals surface area contributed by atoms with Crippen molar-refractivity contribution in [2.75, 3.05) is 7.05 Å². The second-order valence-electron chi connectivity index (χ2n) is 6.41. The summed E-state index contributed by atoms with van der Waals surface area (Å²) in [5.74, 6) is 1.25. The highest BCUT2D eigenvalue weighted by molar-refractivity contribution is 6.31. The van der Waals surface area contributed by atoms with Gasteiger partial charge in [-0.15, -0.1) is 0 Å². The molecule has 0 aliphatic carbocycles. The van der Waals surface area contributed by atoms with Crippen LogP contribution in [0.5, 0.6) is 5.75 Å². The van der Waals surface area contributed by atoms with Crippen LogP contribution in [0.1, 0.15) is 34.5 Å². The molecule has 3 aromatic rings. The van der Waals surface area contributed by atoms with Crippen molar-refractivity contribution >= 4 is 29.1 Å². The first-order chi connectivity index (χ1) is 13.4. The van der Waals surface area contributed by atoms with Gasteiger partial charge in [-0.05, 0) is 49.7 Å². The average Bonchev–Trinajstić information content (AvgIpc) is 3.27. The normalized spacial score (nSPS) is 10.9. The molecule has 1 amide bonds. The summed E-state index contributed by atoms with van der Waals surface area (Å²) in [6.45, 7) is 5.11. The van der Waals surface area contributed by atoms with Gasteiger partial charge in [0, 0.05) is 24.8 Å². The monoisotopic (exact) mass is 421 g/mol. The van der Waals surface area contributed by atoms with Gasteiger partial charge in [0.25, 0.3) is 5.91 Å². The van der Waals surface area contributed by atoms with Gasteiger partial charge in [0.2, 0.25) is 0 Å². The molecule has 28 heavy (non-hydrogen) atoms. The molecule has 0 N–H and O–H groups in total. The lowest BCUT2D eigenvalue weighted by Gasteiger charge is -2.14. The molecule has 6 nitrogen and oxygen atoms in total. The second-order valence-corrected chi connectivity index (χ2v) is 7.25. The van der Waals surface area contributed by atoms with Crippen LogP contribution in [-0.4, -0.2) is 27.6 Å². The fourth-order valence-electron chi connectivity index (χ4n) is 2.68. The Morgan fingerprint density at radius 1 is 1.29 bits per heavy atom. The molecule has 0 unspecified atom stereocenters. The molecule has 2 heterocycles. The standard InChI is InChI=1S/C20H21Cl2N3O3/c1-4-25-10-16(22)17(23-25)11-24(3)20(26)19-8-6-15(28-19)12-27-18-7-5-14(21)9-13(18)2/h5-10H,4,11-12H2,1-3H3. The second kappa shape index (κ2) is 8.71. The van der Waals surface area contributed by atoms with Crippen molar-refractivity contribution in [1.29, 1.82) is 0 Å². The molecule has 8 heteroatoms. The first kappa shape index (κ1) is 20.3. The molecule has 0 atom stereocenters. The van der Waals surface area contributed by atoms with E-state index in [-0.39, 0.29) is 18.3 Å². The van der Waals surface area contributed by atoms with E-state index in [1.165, 1.54) is 4.90 Å². The molecule has 0 radical (unpaired) electrons. The van der Waals surface area contributed by atoms with Gasteiger partial charge in [-0.3, -0.25) is 9.48 Å². The fourth-order valence-corrected chi connectivity index (χ4v) is 3.12. The van der Waals surface area contributed by atoms with Crippen LogP contribution >= 0.6 is 23.2 Å². The van der Waals surface area contributed by atoms with E-state index in [2.05, 4.69) is 5.10 Å². The maximum atomic E-state index is 12.6. The summed E-state index contributed by atoms with van der Waals surface area (Å²) >= 11 is 12.1. The van der Waals surface area contributed by atoms with Gasteiger partial charge >= 0.3 is 0 Å². The Hall–Kier alpha value is -2.44. The highest BCUT2D eigenvalue weighted by Gasteiger charge is 2.19. The summed E-state index contributed by atoms with van der Waals surface area (Å²) in [7, 11) is 1.68. The van der Waals surface area contributed by atoms with E-state index in [0.717, 1.165) is 5.56 Å². The molecule has 0 aliphatic rings. The summed E-state index contributed by atoms with van der Waals surface area (Å²) in [4.78, 5) is 14.1. The van der Waals surface area contributed by atoms with E-state index in [0.29, 0.717) is 40.3 Å². The largest absolute Gasteiger partial charge is 0.485 e. The van der Waals surface area contributed by atoms with Crippen molar-refractivity contribution in [2.24, 2.45) is 0 Å². The van der Waals surface area contributed by atoms with Gasteiger partial charge in [0.15, 0.2) is 5.76 Å². The number of aromatic nitrogens is 2. The van der Waals surface area contributed by atoms with Gasteiger partial charge in [0.1, 0.15) is 23.8 Å². The Morgan fingerprint density at radius 2 is 2.07 bits per heavy atom. The summed E-state index contributed by atoms with van der Waals surface area (Å²) in [6, 6.07) is 8.76. The Morgan fingerprint density at radius 3 is 2.75 bits per heavy atom. The molecule has 0 aliphatic heterocycles. The number of halogens is 2. The van der Waals surface area contributed by atoms with E-state index in [4.69, 9.17) is 32.4 Å². The molecule has 0 saturated heterocycles. The lowest BCUT2D eigenvalue weighted by molar-refractivity contribution is 0.0747. The minimum absolute atomic E-state index is 0.214. The van der Waals surface area contributed by atoms with Gasteiger partial charge in [-0.1, -0.05) is 23.2 Å². The van der Waals surface area contributed by atoms with Crippen LogP contribution in [0.25, 0.3) is 0 Å². The highest BCUT2D eigenvalue weighted by Crippen LogP contribution is 2.23. The zero-order valence-electron chi connectivity index (χ0n) is 15.9. The zero-order valence-corrected chi connectivity index (χ0v) is 17.4. The van der Waals surface area contributed by atoms with Crippen molar-refractivity contribution in [1.82, 2.24) is 14.7 Å². The quantitative estimate of drug-likeness (QED) is 0.540. The van der Waals surface area contributed by atoms with Gasteiger partial charge < -0.3 is 14.1 Å². The number of hydrogen-bond acceptors (Lipinski definition) is 4. The summed E-state index contributed by atoms with van der Waals surface area (Å²) in [5, 5.41) is 5.55. The van der Waals surface area contributed by atoms with Crippen molar-refractivity contribution in [2.45, 2.75) is 33.5 Å². The zero-order chi connectivity index (χ0) is 20.3. The van der Waals surface area contributed by atoms with Crippen molar-refractivity contribution in [3.8, 4) is 5.75 Å². The number of hydrogen-bond donors (Lipinski definition) is 0. The number of nitrogens with zero attached hydrogens (tertiary/aromatic N) is 3. The lowest BCUT2D eigenvalue weighted by atomic mass is 10.2. The van der Waals surface area contributed by atoms with Crippen molar-refractivity contribution < 1.29 is 13.9 Å². The van der Waals surface area contributed by atoms with Crippen LogP contribution in [0, 0.1) is 6.92 Å². The van der Waals surface area contributed by atoms with Crippen LogP contribution < -0.4 is 4.74 Å². The lowest BCUT2D eigenvalue weighted by Crippen LogP contribution is -2.26. The molecule has 2 aromatic heterocycles. The third-order valence-corrected chi connectivity index (χ3v) is 4.78. The number of rotatable bonds is 7. The van der Waals surface area contributed by atoms with E-state index >= 15 is 0 Å². The van der Waals surface area contributed by atoms with Crippen LogP contribution in [0.4, 0.5) is 0 Å². The molecule has 0 spiro atoms. The van der Waals surface area contributed by atoms with E-state index < -0.39 is 0 Å². The molecule has 148 valence electrons. The van der Waals surface area contributed by atoms with Gasteiger partial charge in [0.05, 0.1) is 11.6 Å². The number of carbonyl (C=O) groups is 1. The predicted molar refractivity (Wildman–Crippen MR) is 108 cm³/mol. The number of aryl methyl sites for hydroxylation is 2. The maximum absolute atomic E-state index is 12.6. The van der Waals surface area contributed by atoms with E-state index in [1.807, 2.05) is 19.9 Å². The predicted octanol–water partition coefficient (Wildman–Crippen LogP) is 4.96. The summed E-state index contributed by atoms with van der Waals surface area (Å²) in [5.41, 5.74) is 1.58. The first-order valence-electron chi connectivity index (χ1n) is 8.82. The molecule has 0 fully saturated rings. The van der Waals surface area contributed by atoms with Crippen LogP contribution in [-0.2, 0) is 19.7 Å². The summed E-state index contributed by atoms with van der Waals surface area (Å²) < 4.78 is 13.1. The molecule has 1 aromatic carbocycles. The summed E-state index contributed by atoms with van der Waals surface area (Å²) in [6.07, 6.45) is 1.75. The minimum atomic E-state index is -0.254. The SMILES string of the molecule is CCn1cc(Cl)c(CN(C)C(=O)c2ccc(COc3ccc(Cl)cc3C)o2)n1. The molecular formula is C20H21Cl2N3O3. The molecule has 3 rings (SSSR count). The molecule has 0 saturated carbocycles. The highest BCUT2D eigenvalue weighted by atomic mass is 35.5. The minimum Gasteiger partial charge on any atom is -0.485 e. The number of carbonyl (C=O) groups excluding carboxylic acids is 1. The van der Waals surface area contributed by atoms with Crippen molar-refractivity contribution in [3.63, 3.8) is 0 Å². The van der Waals surface area contributed by atoms with Crippen molar-refractivity contribution in [3.05, 3.63) is 69.4 Å². The van der Waals surface area contributed by atoms with Gasteiger partial charge in [-0.2, -0.15) is 5.10 Å². The van der Waals surface area contributed by atoms with Gasteiger partial charge in [-0.25, -0.2) is 0 Å². The average molecular weight is 422 g/mol. The van der Waals surface area contributed by atoms with E-state index in [9.17, 15) is 4.79 Å². The number of amides is 1. The Bertz CT molecular complexity index is 981. The first-order valence-corrected chi connectivity index (χ1v) is 9.58. The smallest absolute Gasteiger partial charge is 0.289 e. The Kier molecular flexibility index (Phi) is 6.31. The molecule has 0 bridgehead atoms. The maximum Gasteiger partial charge on any atom is 0.289 e. The topological polar surface area (TPSA) is 60.5 Å². The van der Waals surface area contributed by atoms with Crippen LogP contribution in [0.3, 0.4) is 0 Å². The van der Waals surface area contributed by atoms with Crippen LogP contribution in [0.15, 0.2) is 40.9 Å². The third kappa shape index (κ3) is 4.69. The van der Waals surface area contributed by atoms with Crippen LogP contribution in [0.2, 0.25) is 10.0 Å². The van der Waals surface area contributed by atoms with E-state index in [1.54, 1.807) is 42.2 Å². The Balaban J connectivity index is 1.62.